The predicted octanol–water partition coefficient (Wildman–Crippen LogP) is 3.17. The Hall–Kier alpha value is -1.03. The second-order valence-electron chi connectivity index (χ2n) is 2.32. The molecule has 0 saturated carbocycles. The van der Waals surface area contributed by atoms with Crippen molar-refractivity contribution >= 4 is 17.9 Å². The van der Waals surface area contributed by atoms with Gasteiger partial charge >= 0.3 is 6.18 Å². The van der Waals surface area contributed by atoms with E-state index in [1.54, 1.807) is 0 Å². The first kappa shape index (κ1) is 10.1. The molecule has 0 heterocycles. The Morgan fingerprint density at radius 3 is 2.31 bits per heavy atom. The number of carbonyl (C=O) groups excluding carboxylic acids is 1. The van der Waals surface area contributed by atoms with Crippen LogP contribution in [0.2, 0.25) is 5.02 Å². The van der Waals surface area contributed by atoms with Gasteiger partial charge in [-0.05, 0) is 6.07 Å². The molecule has 0 spiro atoms. The number of hydrogen-bond donors (Lipinski definition) is 0. The average molecular weight is 209 g/mol. The smallest absolute Gasteiger partial charge is 0.298 e. The Morgan fingerprint density at radius 2 is 1.92 bits per heavy atom. The minimum atomic E-state index is -4.59. The number of carbonyl (C=O) groups is 1. The van der Waals surface area contributed by atoms with Crippen LogP contribution in [0.5, 0.6) is 0 Å². The highest BCUT2D eigenvalue weighted by molar-refractivity contribution is 6.31. The number of hydrogen-bond acceptors (Lipinski definition) is 1. The molecular weight excluding hydrogens is 205 g/mol. The fourth-order valence-corrected chi connectivity index (χ4v) is 1.23. The van der Waals surface area contributed by atoms with E-state index >= 15 is 0 Å². The second-order valence-corrected chi connectivity index (χ2v) is 2.73. The number of rotatable bonds is 1. The maximum absolute atomic E-state index is 12.3. The molecule has 0 atom stereocenters. The normalized spacial score (nSPS) is 11.4. The molecule has 5 heteroatoms. The summed E-state index contributed by atoms with van der Waals surface area (Å²) in [5, 5.41) is -0.461. The summed E-state index contributed by atoms with van der Waals surface area (Å²) < 4.78 is 36.8. The molecule has 0 bridgehead atoms. The Kier molecular flexibility index (Phi) is 2.61. The van der Waals surface area contributed by atoms with Crippen molar-refractivity contribution in [3.05, 3.63) is 34.3 Å². The lowest BCUT2D eigenvalue weighted by Crippen LogP contribution is -2.09. The topological polar surface area (TPSA) is 17.1 Å². The summed E-state index contributed by atoms with van der Waals surface area (Å²) in [7, 11) is 0. The van der Waals surface area contributed by atoms with Gasteiger partial charge in [-0.15, -0.1) is 0 Å². The first-order valence-electron chi connectivity index (χ1n) is 3.27. The molecule has 1 nitrogen and oxygen atoms in total. The zero-order chi connectivity index (χ0) is 10.1. The Labute approximate surface area is 77.1 Å². The van der Waals surface area contributed by atoms with E-state index in [0.717, 1.165) is 12.1 Å². The third-order valence-electron chi connectivity index (χ3n) is 1.46. The standard InChI is InChI=1S/C8H4ClF3O/c9-6-3-1-2-5(4-13)7(6)8(10,11)12/h1-4H. The first-order valence-corrected chi connectivity index (χ1v) is 3.65. The summed E-state index contributed by atoms with van der Waals surface area (Å²) in [5.41, 5.74) is -1.52. The van der Waals surface area contributed by atoms with E-state index in [-0.39, 0.29) is 6.29 Å². The summed E-state index contributed by atoms with van der Waals surface area (Å²) in [4.78, 5) is 10.3. The fraction of sp³-hybridized carbons (Fsp3) is 0.125. The summed E-state index contributed by atoms with van der Waals surface area (Å²) in [6.45, 7) is 0. The van der Waals surface area contributed by atoms with Crippen molar-refractivity contribution < 1.29 is 18.0 Å². The summed E-state index contributed by atoms with van der Waals surface area (Å²) >= 11 is 5.31. The van der Waals surface area contributed by atoms with E-state index in [9.17, 15) is 18.0 Å². The van der Waals surface area contributed by atoms with Crippen LogP contribution in [0.25, 0.3) is 0 Å². The SMILES string of the molecule is O=Cc1cccc(Cl)c1C(F)(F)F. The van der Waals surface area contributed by atoms with Gasteiger partial charge in [0.15, 0.2) is 6.29 Å². The van der Waals surface area contributed by atoms with E-state index in [2.05, 4.69) is 0 Å². The molecule has 0 unspecified atom stereocenters. The zero-order valence-corrected chi connectivity index (χ0v) is 6.99. The molecule has 13 heavy (non-hydrogen) atoms. The highest BCUT2D eigenvalue weighted by Gasteiger charge is 2.35. The summed E-state index contributed by atoms with van der Waals surface area (Å²) in [6, 6.07) is 3.46. The molecule has 0 fully saturated rings. The quantitative estimate of drug-likeness (QED) is 0.648. The van der Waals surface area contributed by atoms with Crippen LogP contribution in [0.3, 0.4) is 0 Å². The first-order chi connectivity index (χ1) is 5.96. The van der Waals surface area contributed by atoms with Gasteiger partial charge in [-0.1, -0.05) is 23.7 Å². The van der Waals surface area contributed by atoms with E-state index in [0.29, 0.717) is 0 Å². The second kappa shape index (κ2) is 3.38. The number of benzene rings is 1. The molecule has 0 N–H and O–H groups in total. The van der Waals surface area contributed by atoms with E-state index in [1.165, 1.54) is 6.07 Å². The van der Waals surface area contributed by atoms with Crippen LogP contribution in [0.15, 0.2) is 18.2 Å². The third-order valence-corrected chi connectivity index (χ3v) is 1.77. The van der Waals surface area contributed by atoms with Crippen molar-refractivity contribution in [2.24, 2.45) is 0 Å². The van der Waals surface area contributed by atoms with Crippen LogP contribution in [0.4, 0.5) is 13.2 Å². The monoisotopic (exact) mass is 208 g/mol. The third kappa shape index (κ3) is 2.01. The van der Waals surface area contributed by atoms with Crippen molar-refractivity contribution in [3.63, 3.8) is 0 Å². The number of halogens is 4. The Morgan fingerprint density at radius 1 is 1.31 bits per heavy atom. The molecule has 0 aromatic heterocycles. The van der Waals surface area contributed by atoms with Crippen LogP contribution in [0, 0.1) is 0 Å². The lowest BCUT2D eigenvalue weighted by atomic mass is 10.1. The molecule has 0 aliphatic heterocycles. The molecule has 0 radical (unpaired) electrons. The van der Waals surface area contributed by atoms with E-state index in [1.807, 2.05) is 0 Å². The lowest BCUT2D eigenvalue weighted by Gasteiger charge is -2.10. The van der Waals surface area contributed by atoms with Gasteiger partial charge in [-0.2, -0.15) is 13.2 Å². The average Bonchev–Trinajstić information content (AvgIpc) is 2.01. The Balaban J connectivity index is 3.40. The highest BCUT2D eigenvalue weighted by atomic mass is 35.5. The van der Waals surface area contributed by atoms with Crippen molar-refractivity contribution in [3.8, 4) is 0 Å². The molecule has 0 aliphatic rings. The largest absolute Gasteiger partial charge is 0.418 e. The molecule has 1 aromatic rings. The maximum atomic E-state index is 12.3. The van der Waals surface area contributed by atoms with E-state index in [4.69, 9.17) is 11.6 Å². The van der Waals surface area contributed by atoms with Gasteiger partial charge in [-0.3, -0.25) is 4.79 Å². The minimum Gasteiger partial charge on any atom is -0.298 e. The fourth-order valence-electron chi connectivity index (χ4n) is 0.938. The Bertz CT molecular complexity index is 333. The van der Waals surface area contributed by atoms with Gasteiger partial charge < -0.3 is 0 Å². The van der Waals surface area contributed by atoms with Gasteiger partial charge in [0.2, 0.25) is 0 Å². The molecule has 1 rings (SSSR count). The highest BCUT2D eigenvalue weighted by Crippen LogP contribution is 2.36. The molecule has 1 aromatic carbocycles. The van der Waals surface area contributed by atoms with Crippen molar-refractivity contribution in [1.82, 2.24) is 0 Å². The molecule has 0 saturated heterocycles. The van der Waals surface area contributed by atoms with Crippen LogP contribution >= 0.6 is 11.6 Å². The van der Waals surface area contributed by atoms with E-state index < -0.39 is 22.3 Å². The number of aldehydes is 1. The summed E-state index contributed by atoms with van der Waals surface area (Å²) in [6.07, 6.45) is -4.46. The van der Waals surface area contributed by atoms with Crippen LogP contribution < -0.4 is 0 Å². The van der Waals surface area contributed by atoms with Crippen molar-refractivity contribution in [2.75, 3.05) is 0 Å². The van der Waals surface area contributed by atoms with Crippen molar-refractivity contribution in [2.45, 2.75) is 6.18 Å². The minimum absolute atomic E-state index is 0.134. The number of alkyl halides is 3. The molecular formula is C8H4ClF3O. The van der Waals surface area contributed by atoms with Gasteiger partial charge in [0.25, 0.3) is 0 Å². The zero-order valence-electron chi connectivity index (χ0n) is 6.23. The van der Waals surface area contributed by atoms with Gasteiger partial charge in [0.05, 0.1) is 10.6 Å². The van der Waals surface area contributed by atoms with Crippen LogP contribution in [0.1, 0.15) is 15.9 Å². The molecule has 70 valence electrons. The van der Waals surface area contributed by atoms with Crippen LogP contribution in [-0.4, -0.2) is 6.29 Å². The maximum Gasteiger partial charge on any atom is 0.418 e. The van der Waals surface area contributed by atoms with Crippen LogP contribution in [-0.2, 0) is 6.18 Å². The predicted molar refractivity (Wildman–Crippen MR) is 41.8 cm³/mol. The van der Waals surface area contributed by atoms with Crippen molar-refractivity contribution in [1.29, 1.82) is 0 Å². The van der Waals surface area contributed by atoms with Gasteiger partial charge in [-0.25, -0.2) is 0 Å². The van der Waals surface area contributed by atoms with Gasteiger partial charge in [0, 0.05) is 5.56 Å². The molecule has 0 amide bonds. The van der Waals surface area contributed by atoms with Gasteiger partial charge in [0.1, 0.15) is 0 Å². The molecule has 0 aliphatic carbocycles. The lowest BCUT2D eigenvalue weighted by molar-refractivity contribution is -0.137. The summed E-state index contributed by atoms with van der Waals surface area (Å²) in [5.74, 6) is 0.